The fourth-order valence-electron chi connectivity index (χ4n) is 4.63. The van der Waals surface area contributed by atoms with Gasteiger partial charge in [0.2, 0.25) is 11.8 Å². The average molecular weight is 471 g/mol. The van der Waals surface area contributed by atoms with Gasteiger partial charge in [0.1, 0.15) is 5.75 Å². The zero-order valence-electron chi connectivity index (χ0n) is 18.9. The largest absolute Gasteiger partial charge is 0.497 e. The molecule has 4 rings (SSSR count). The molecule has 0 N–H and O–H groups in total. The third kappa shape index (κ3) is 5.74. The van der Waals surface area contributed by atoms with E-state index in [-0.39, 0.29) is 35.8 Å². The maximum atomic E-state index is 13.6. The van der Waals surface area contributed by atoms with Crippen molar-refractivity contribution in [3.05, 3.63) is 65.7 Å². The van der Waals surface area contributed by atoms with Crippen LogP contribution in [0, 0.1) is 5.92 Å². The van der Waals surface area contributed by atoms with Gasteiger partial charge in [0, 0.05) is 32.1 Å². The zero-order valence-corrected chi connectivity index (χ0v) is 19.7. The van der Waals surface area contributed by atoms with Crippen LogP contribution in [0.15, 0.2) is 54.6 Å². The number of ether oxygens (including phenoxy) is 1. The summed E-state index contributed by atoms with van der Waals surface area (Å²) < 4.78 is 29.5. The fraction of sp³-hybridized carbons (Fsp3) is 0.440. The summed E-state index contributed by atoms with van der Waals surface area (Å²) in [6.45, 7) is 1.27. The number of amides is 2. The van der Waals surface area contributed by atoms with Gasteiger partial charge < -0.3 is 14.5 Å². The van der Waals surface area contributed by atoms with Crippen molar-refractivity contribution in [3.8, 4) is 5.75 Å². The lowest BCUT2D eigenvalue weighted by Gasteiger charge is -2.31. The standard InChI is InChI=1S/C25H30N2O5S/c1-32-23-9-7-20(8-10-23)16-27(22-12-14-33(30,31)18-22)25(29)21-15-24(28)26(17-21)13-11-19-5-3-2-4-6-19/h2-10,21-22H,11-18H2,1H3. The van der Waals surface area contributed by atoms with Crippen molar-refractivity contribution < 1.29 is 22.7 Å². The number of hydrogen-bond acceptors (Lipinski definition) is 5. The van der Waals surface area contributed by atoms with Gasteiger partial charge in [0.25, 0.3) is 0 Å². The number of likely N-dealkylation sites (tertiary alicyclic amines) is 1. The Morgan fingerprint density at radius 2 is 1.82 bits per heavy atom. The molecule has 176 valence electrons. The molecule has 2 saturated heterocycles. The van der Waals surface area contributed by atoms with Crippen molar-refractivity contribution in [3.63, 3.8) is 0 Å². The molecule has 2 aliphatic heterocycles. The molecule has 0 spiro atoms. The molecule has 33 heavy (non-hydrogen) atoms. The van der Waals surface area contributed by atoms with Gasteiger partial charge >= 0.3 is 0 Å². The minimum Gasteiger partial charge on any atom is -0.497 e. The van der Waals surface area contributed by atoms with E-state index in [0.29, 0.717) is 26.1 Å². The Morgan fingerprint density at radius 1 is 1.09 bits per heavy atom. The van der Waals surface area contributed by atoms with Gasteiger partial charge in [0.05, 0.1) is 24.5 Å². The molecule has 2 heterocycles. The summed E-state index contributed by atoms with van der Waals surface area (Å²) in [6.07, 6.45) is 1.35. The van der Waals surface area contributed by atoms with Gasteiger partial charge in [-0.3, -0.25) is 9.59 Å². The second-order valence-electron chi connectivity index (χ2n) is 8.85. The second kappa shape index (κ2) is 9.95. The summed E-state index contributed by atoms with van der Waals surface area (Å²) in [4.78, 5) is 29.6. The number of hydrogen-bond donors (Lipinski definition) is 0. The van der Waals surface area contributed by atoms with Gasteiger partial charge in [-0.05, 0) is 36.1 Å². The SMILES string of the molecule is COc1ccc(CN(C(=O)C2CC(=O)N(CCc3ccccc3)C2)C2CCS(=O)(=O)C2)cc1. The average Bonchev–Trinajstić information content (AvgIpc) is 3.38. The highest BCUT2D eigenvalue weighted by Gasteiger charge is 2.41. The van der Waals surface area contributed by atoms with Crippen LogP contribution in [-0.4, -0.2) is 67.8 Å². The minimum absolute atomic E-state index is 0.0206. The van der Waals surface area contributed by atoms with Crippen LogP contribution in [0.25, 0.3) is 0 Å². The molecule has 2 aromatic carbocycles. The molecular formula is C25H30N2O5S. The van der Waals surface area contributed by atoms with Gasteiger partial charge in [0.15, 0.2) is 9.84 Å². The Hall–Kier alpha value is -2.87. The second-order valence-corrected chi connectivity index (χ2v) is 11.1. The molecule has 2 aromatic rings. The maximum Gasteiger partial charge on any atom is 0.228 e. The normalized spacial score (nSPS) is 21.8. The Balaban J connectivity index is 1.46. The Bertz CT molecular complexity index is 1090. The number of nitrogens with zero attached hydrogens (tertiary/aromatic N) is 2. The molecule has 2 aliphatic rings. The van der Waals surface area contributed by atoms with Gasteiger partial charge in [-0.2, -0.15) is 0 Å². The molecular weight excluding hydrogens is 440 g/mol. The van der Waals surface area contributed by atoms with Crippen molar-refractivity contribution >= 4 is 21.7 Å². The van der Waals surface area contributed by atoms with Gasteiger partial charge in [-0.15, -0.1) is 0 Å². The van der Waals surface area contributed by atoms with Crippen molar-refractivity contribution in [1.82, 2.24) is 9.80 Å². The summed E-state index contributed by atoms with van der Waals surface area (Å²) >= 11 is 0. The number of carbonyl (C=O) groups excluding carboxylic acids is 2. The quantitative estimate of drug-likeness (QED) is 0.591. The molecule has 2 unspecified atom stereocenters. The van der Waals surface area contributed by atoms with E-state index in [0.717, 1.165) is 23.3 Å². The Labute approximate surface area is 195 Å². The first kappa shape index (κ1) is 23.3. The molecule has 0 radical (unpaired) electrons. The molecule has 2 fully saturated rings. The first-order valence-corrected chi connectivity index (χ1v) is 13.1. The predicted molar refractivity (Wildman–Crippen MR) is 125 cm³/mol. The number of sulfone groups is 1. The van der Waals surface area contributed by atoms with Crippen LogP contribution in [-0.2, 0) is 32.4 Å². The highest BCUT2D eigenvalue weighted by molar-refractivity contribution is 7.91. The monoisotopic (exact) mass is 470 g/mol. The van der Waals surface area contributed by atoms with Crippen LogP contribution in [0.4, 0.5) is 0 Å². The summed E-state index contributed by atoms with van der Waals surface area (Å²) in [5.41, 5.74) is 2.05. The molecule has 2 atom stereocenters. The zero-order chi connectivity index (χ0) is 23.4. The topological polar surface area (TPSA) is 84.0 Å². The maximum absolute atomic E-state index is 13.6. The van der Waals surface area contributed by atoms with Crippen LogP contribution >= 0.6 is 0 Å². The van der Waals surface area contributed by atoms with E-state index in [2.05, 4.69) is 0 Å². The number of rotatable bonds is 8. The number of benzene rings is 2. The van der Waals surface area contributed by atoms with E-state index in [1.54, 1.807) is 16.9 Å². The van der Waals surface area contributed by atoms with E-state index in [9.17, 15) is 18.0 Å². The third-order valence-electron chi connectivity index (χ3n) is 6.52. The summed E-state index contributed by atoms with van der Waals surface area (Å²) in [5, 5.41) is 0. The lowest BCUT2D eigenvalue weighted by molar-refractivity contribution is -0.138. The van der Waals surface area contributed by atoms with Crippen molar-refractivity contribution in [2.75, 3.05) is 31.7 Å². The smallest absolute Gasteiger partial charge is 0.228 e. The number of methoxy groups -OCH3 is 1. The molecule has 7 nitrogen and oxygen atoms in total. The van der Waals surface area contributed by atoms with E-state index >= 15 is 0 Å². The van der Waals surface area contributed by atoms with Crippen LogP contribution in [0.5, 0.6) is 5.75 Å². The van der Waals surface area contributed by atoms with E-state index in [1.165, 1.54) is 0 Å². The summed E-state index contributed by atoms with van der Waals surface area (Å²) in [6, 6.07) is 17.0. The molecule has 8 heteroatoms. The first-order chi connectivity index (χ1) is 15.8. The van der Waals surface area contributed by atoms with Crippen molar-refractivity contribution in [1.29, 1.82) is 0 Å². The van der Waals surface area contributed by atoms with Crippen molar-refractivity contribution in [2.24, 2.45) is 5.92 Å². The lowest BCUT2D eigenvalue weighted by atomic mass is 10.0. The summed E-state index contributed by atoms with van der Waals surface area (Å²) in [7, 11) is -1.56. The molecule has 0 bridgehead atoms. The minimum atomic E-state index is -3.15. The number of carbonyl (C=O) groups is 2. The predicted octanol–water partition coefficient (Wildman–Crippen LogP) is 2.30. The molecule has 0 aromatic heterocycles. The van der Waals surface area contributed by atoms with Crippen molar-refractivity contribution in [2.45, 2.75) is 31.8 Å². The van der Waals surface area contributed by atoms with Gasteiger partial charge in [-0.1, -0.05) is 42.5 Å². The highest BCUT2D eigenvalue weighted by Crippen LogP contribution is 2.27. The summed E-state index contributed by atoms with van der Waals surface area (Å²) in [5.74, 6) is 0.186. The fourth-order valence-corrected chi connectivity index (χ4v) is 6.36. The van der Waals surface area contributed by atoms with Crippen LogP contribution in [0.1, 0.15) is 24.0 Å². The lowest BCUT2D eigenvalue weighted by Crippen LogP contribution is -2.44. The third-order valence-corrected chi connectivity index (χ3v) is 8.27. The molecule has 2 amide bonds. The Morgan fingerprint density at radius 3 is 2.45 bits per heavy atom. The van der Waals surface area contributed by atoms with E-state index in [1.807, 2.05) is 54.6 Å². The van der Waals surface area contributed by atoms with E-state index in [4.69, 9.17) is 4.74 Å². The molecule has 0 aliphatic carbocycles. The van der Waals surface area contributed by atoms with Crippen LogP contribution < -0.4 is 4.74 Å². The van der Waals surface area contributed by atoms with Gasteiger partial charge in [-0.25, -0.2) is 8.42 Å². The first-order valence-electron chi connectivity index (χ1n) is 11.3. The van der Waals surface area contributed by atoms with Crippen LogP contribution in [0.3, 0.4) is 0 Å². The van der Waals surface area contributed by atoms with Crippen LogP contribution in [0.2, 0.25) is 0 Å². The Kier molecular flexibility index (Phi) is 7.02. The highest BCUT2D eigenvalue weighted by atomic mass is 32.2. The van der Waals surface area contributed by atoms with E-state index < -0.39 is 15.8 Å². The molecule has 0 saturated carbocycles.